The van der Waals surface area contributed by atoms with Crippen LogP contribution in [-0.2, 0) is 0 Å². The van der Waals surface area contributed by atoms with Crippen molar-refractivity contribution in [1.29, 1.82) is 0 Å². The molecule has 1 aromatic carbocycles. The normalized spacial score (nSPS) is 11.3. The maximum absolute atomic E-state index is 7.41. The molecule has 0 aromatic heterocycles. The molecule has 0 atom stereocenters. The Hall–Kier alpha value is -1.29. The molecule has 0 saturated carbocycles. The largest absolute Gasteiger partial charge is 0.238 e. The van der Waals surface area contributed by atoms with E-state index >= 15 is 0 Å². The molecule has 0 aliphatic rings. The third-order valence-electron chi connectivity index (χ3n) is 3.21. The summed E-state index contributed by atoms with van der Waals surface area (Å²) in [6.45, 7) is 20.5. The molecule has 1 nitrogen and oxygen atoms in total. The van der Waals surface area contributed by atoms with Gasteiger partial charge in [-0.2, -0.15) is 0 Å². The summed E-state index contributed by atoms with van der Waals surface area (Å²) in [6.07, 6.45) is 0. The van der Waals surface area contributed by atoms with Gasteiger partial charge in [0.15, 0.2) is 5.69 Å². The highest BCUT2D eigenvalue weighted by Gasteiger charge is 2.16. The highest BCUT2D eigenvalue weighted by molar-refractivity contribution is 5.62. The van der Waals surface area contributed by atoms with Gasteiger partial charge in [-0.1, -0.05) is 53.7 Å². The molecule has 1 aromatic rings. The number of benzene rings is 1. The molecule has 1 rings (SSSR count). The van der Waals surface area contributed by atoms with Crippen LogP contribution in [0.5, 0.6) is 0 Å². The predicted molar refractivity (Wildman–Crippen MR) is 75.0 cm³/mol. The molecule has 0 aliphatic heterocycles. The minimum atomic E-state index is 0.412. The molecule has 0 heterocycles. The van der Waals surface area contributed by atoms with Gasteiger partial charge in [-0.3, -0.25) is 0 Å². The van der Waals surface area contributed by atoms with Gasteiger partial charge in [0.05, 0.1) is 6.57 Å². The lowest BCUT2D eigenvalue weighted by molar-refractivity contribution is 0.810. The van der Waals surface area contributed by atoms with Gasteiger partial charge in [0.1, 0.15) is 0 Å². The third kappa shape index (κ3) is 2.88. The molecule has 92 valence electrons. The molecule has 17 heavy (non-hydrogen) atoms. The van der Waals surface area contributed by atoms with E-state index in [-0.39, 0.29) is 0 Å². The molecular formula is C16H23N. The smallest absolute Gasteiger partial charge is 0.194 e. The molecule has 0 fully saturated rings. The first-order valence-electron chi connectivity index (χ1n) is 6.43. The van der Waals surface area contributed by atoms with Crippen molar-refractivity contribution in [2.24, 2.45) is 0 Å². The van der Waals surface area contributed by atoms with Crippen molar-refractivity contribution in [3.63, 3.8) is 0 Å². The second-order valence-corrected chi connectivity index (χ2v) is 5.62. The lowest BCUT2D eigenvalue weighted by Gasteiger charge is -2.19. The zero-order valence-corrected chi connectivity index (χ0v) is 11.8. The molecule has 1 heteroatoms. The topological polar surface area (TPSA) is 4.36 Å². The van der Waals surface area contributed by atoms with Gasteiger partial charge >= 0.3 is 0 Å². The lowest BCUT2D eigenvalue weighted by atomic mass is 9.88. The predicted octanol–water partition coefficient (Wildman–Crippen LogP) is 5.61. The van der Waals surface area contributed by atoms with Crippen LogP contribution in [0, 0.1) is 6.57 Å². The third-order valence-corrected chi connectivity index (χ3v) is 3.21. The summed E-state index contributed by atoms with van der Waals surface area (Å²) in [5, 5.41) is 0. The average molecular weight is 229 g/mol. The highest BCUT2D eigenvalue weighted by atomic mass is 14.7. The van der Waals surface area contributed by atoms with Gasteiger partial charge in [0, 0.05) is 0 Å². The van der Waals surface area contributed by atoms with E-state index in [1.165, 1.54) is 16.7 Å². The van der Waals surface area contributed by atoms with E-state index in [1.54, 1.807) is 0 Å². The van der Waals surface area contributed by atoms with Crippen LogP contribution in [0.25, 0.3) is 4.85 Å². The summed E-state index contributed by atoms with van der Waals surface area (Å²) in [4.78, 5) is 3.76. The van der Waals surface area contributed by atoms with Crippen molar-refractivity contribution in [2.45, 2.75) is 59.3 Å². The van der Waals surface area contributed by atoms with Gasteiger partial charge < -0.3 is 0 Å². The van der Waals surface area contributed by atoms with Gasteiger partial charge in [-0.15, -0.1) is 0 Å². The van der Waals surface area contributed by atoms with Crippen molar-refractivity contribution in [3.05, 3.63) is 40.2 Å². The van der Waals surface area contributed by atoms with Crippen molar-refractivity contribution in [2.75, 3.05) is 0 Å². The average Bonchev–Trinajstić information content (AvgIpc) is 2.26. The Morgan fingerprint density at radius 3 is 1.47 bits per heavy atom. The first-order valence-corrected chi connectivity index (χ1v) is 6.43. The van der Waals surface area contributed by atoms with Crippen molar-refractivity contribution in [1.82, 2.24) is 0 Å². The Labute approximate surface area is 106 Å². The van der Waals surface area contributed by atoms with Crippen LogP contribution in [0.1, 0.15) is 76.0 Å². The van der Waals surface area contributed by atoms with E-state index in [0.717, 1.165) is 5.69 Å². The second-order valence-electron chi connectivity index (χ2n) is 5.62. The Morgan fingerprint density at radius 2 is 1.24 bits per heavy atom. The van der Waals surface area contributed by atoms with Gasteiger partial charge in [0.2, 0.25) is 0 Å². The van der Waals surface area contributed by atoms with E-state index in [2.05, 4.69) is 58.5 Å². The molecule has 0 spiro atoms. The van der Waals surface area contributed by atoms with E-state index < -0.39 is 0 Å². The minimum absolute atomic E-state index is 0.412. The van der Waals surface area contributed by atoms with Crippen molar-refractivity contribution in [3.8, 4) is 0 Å². The molecule has 0 amide bonds. The van der Waals surface area contributed by atoms with E-state index in [4.69, 9.17) is 6.57 Å². The molecule has 0 radical (unpaired) electrons. The van der Waals surface area contributed by atoms with Crippen LogP contribution in [-0.4, -0.2) is 0 Å². The molecule has 0 N–H and O–H groups in total. The number of hydrogen-bond donors (Lipinski definition) is 0. The highest BCUT2D eigenvalue weighted by Crippen LogP contribution is 2.37. The molecule has 0 bridgehead atoms. The number of rotatable bonds is 3. The molecule has 0 unspecified atom stereocenters. The summed E-state index contributed by atoms with van der Waals surface area (Å²) in [5.41, 5.74) is 4.63. The fraction of sp³-hybridized carbons (Fsp3) is 0.562. The molecular weight excluding hydrogens is 206 g/mol. The number of hydrogen-bond acceptors (Lipinski definition) is 0. The van der Waals surface area contributed by atoms with Crippen LogP contribution in [0.3, 0.4) is 0 Å². The zero-order chi connectivity index (χ0) is 13.2. The summed E-state index contributed by atoms with van der Waals surface area (Å²) < 4.78 is 0. The summed E-state index contributed by atoms with van der Waals surface area (Å²) in [7, 11) is 0. The van der Waals surface area contributed by atoms with Gasteiger partial charge in [-0.05, 0) is 34.4 Å². The maximum atomic E-state index is 7.41. The van der Waals surface area contributed by atoms with Gasteiger partial charge in [0.25, 0.3) is 0 Å². The van der Waals surface area contributed by atoms with Crippen molar-refractivity contribution >= 4 is 5.69 Å². The minimum Gasteiger partial charge on any atom is -0.238 e. The quantitative estimate of drug-likeness (QED) is 0.593. The van der Waals surface area contributed by atoms with Crippen LogP contribution in [0.4, 0.5) is 5.69 Å². The lowest BCUT2D eigenvalue weighted by Crippen LogP contribution is -1.99. The zero-order valence-electron chi connectivity index (χ0n) is 11.8. The summed E-state index contributed by atoms with van der Waals surface area (Å²) in [5.74, 6) is 1.34. The van der Waals surface area contributed by atoms with Crippen LogP contribution in [0.15, 0.2) is 12.1 Å². The van der Waals surface area contributed by atoms with E-state index in [0.29, 0.717) is 17.8 Å². The van der Waals surface area contributed by atoms with Crippen molar-refractivity contribution < 1.29 is 0 Å². The Bertz CT molecular complexity index is 404. The molecule has 0 aliphatic carbocycles. The Kier molecular flexibility index (Phi) is 4.34. The van der Waals surface area contributed by atoms with E-state index in [1.807, 2.05) is 0 Å². The van der Waals surface area contributed by atoms with Crippen LogP contribution >= 0.6 is 0 Å². The standard InChI is InChI=1S/C16H23N/c1-10(2)13-8-14(11(3)4)16(17-7)15(9-13)12(5)6/h8-12H,1-6H3. The van der Waals surface area contributed by atoms with E-state index in [9.17, 15) is 0 Å². The maximum Gasteiger partial charge on any atom is 0.194 e. The number of nitrogens with zero attached hydrogens (tertiary/aromatic N) is 1. The Balaban J connectivity index is 3.53. The first kappa shape index (κ1) is 13.8. The SMILES string of the molecule is [C-]#[N+]c1c(C(C)C)cc(C(C)C)cc1C(C)C. The van der Waals surface area contributed by atoms with Gasteiger partial charge in [-0.25, -0.2) is 4.85 Å². The van der Waals surface area contributed by atoms with Crippen LogP contribution < -0.4 is 0 Å². The monoisotopic (exact) mass is 229 g/mol. The second kappa shape index (κ2) is 5.36. The molecule has 0 saturated heterocycles. The summed E-state index contributed by atoms with van der Waals surface area (Å²) in [6, 6.07) is 4.43. The fourth-order valence-electron chi connectivity index (χ4n) is 2.05. The summed E-state index contributed by atoms with van der Waals surface area (Å²) >= 11 is 0. The van der Waals surface area contributed by atoms with Crippen LogP contribution in [0.2, 0.25) is 0 Å². The Morgan fingerprint density at radius 1 is 0.824 bits per heavy atom. The first-order chi connectivity index (χ1) is 7.88. The fourth-order valence-corrected chi connectivity index (χ4v) is 2.05.